The summed E-state index contributed by atoms with van der Waals surface area (Å²) in [5.41, 5.74) is 1.23. The van der Waals surface area contributed by atoms with Crippen molar-refractivity contribution in [3.63, 3.8) is 0 Å². The van der Waals surface area contributed by atoms with Gasteiger partial charge in [0.2, 0.25) is 0 Å². The molecule has 1 amide bonds. The van der Waals surface area contributed by atoms with Gasteiger partial charge in [0.15, 0.2) is 5.69 Å². The van der Waals surface area contributed by atoms with Crippen molar-refractivity contribution < 1.29 is 9.32 Å². The topological polar surface area (TPSA) is 75.4 Å². The van der Waals surface area contributed by atoms with Crippen LogP contribution in [0, 0.1) is 0 Å². The van der Waals surface area contributed by atoms with Gasteiger partial charge < -0.3 is 14.3 Å². The van der Waals surface area contributed by atoms with Crippen LogP contribution in [0.3, 0.4) is 0 Å². The van der Waals surface area contributed by atoms with Crippen LogP contribution in [0.5, 0.6) is 0 Å². The second kappa shape index (κ2) is 5.89. The molecule has 7 heteroatoms. The zero-order chi connectivity index (χ0) is 16.7. The molecule has 2 aliphatic rings. The Morgan fingerprint density at radius 2 is 2.12 bits per heavy atom. The molecule has 24 heavy (non-hydrogen) atoms. The van der Waals surface area contributed by atoms with Gasteiger partial charge >= 0.3 is 0 Å². The Balaban J connectivity index is 1.57. The van der Waals surface area contributed by atoms with Gasteiger partial charge in [-0.15, -0.1) is 0 Å². The summed E-state index contributed by atoms with van der Waals surface area (Å²) in [7, 11) is 3.86. The highest BCUT2D eigenvalue weighted by molar-refractivity contribution is 5.92. The predicted octanol–water partition coefficient (Wildman–Crippen LogP) is 2.39. The standard InChI is InChI=1S/C17H21N5O2/c1-21(2)16-10-18-9-13(19-16)14-4-3-7-22(14)17(23)12-8-15(24-20-12)11-5-6-11/h8-11,14H,3-7H2,1-2H3/t14-/m0/s1. The highest BCUT2D eigenvalue weighted by atomic mass is 16.5. The lowest BCUT2D eigenvalue weighted by Crippen LogP contribution is -2.31. The van der Waals surface area contributed by atoms with Crippen molar-refractivity contribution in [3.05, 3.63) is 35.6 Å². The fourth-order valence-electron chi connectivity index (χ4n) is 3.16. The third-order valence-electron chi connectivity index (χ3n) is 4.68. The van der Waals surface area contributed by atoms with Gasteiger partial charge in [0, 0.05) is 32.6 Å². The highest BCUT2D eigenvalue weighted by Crippen LogP contribution is 2.40. The smallest absolute Gasteiger partial charge is 0.276 e. The van der Waals surface area contributed by atoms with Gasteiger partial charge in [-0.25, -0.2) is 4.98 Å². The van der Waals surface area contributed by atoms with E-state index < -0.39 is 0 Å². The molecule has 0 radical (unpaired) electrons. The van der Waals surface area contributed by atoms with Crippen LogP contribution in [0.4, 0.5) is 5.82 Å². The molecule has 0 spiro atoms. The normalized spacial score (nSPS) is 20.4. The van der Waals surface area contributed by atoms with Crippen molar-refractivity contribution in [2.75, 3.05) is 25.5 Å². The summed E-state index contributed by atoms with van der Waals surface area (Å²) in [6.07, 6.45) is 7.58. The van der Waals surface area contributed by atoms with Crippen LogP contribution in [0.15, 0.2) is 23.0 Å². The van der Waals surface area contributed by atoms with E-state index in [0.29, 0.717) is 18.2 Å². The number of carbonyl (C=O) groups excluding carboxylic acids is 1. The first-order valence-corrected chi connectivity index (χ1v) is 8.40. The van der Waals surface area contributed by atoms with Gasteiger partial charge in [0.05, 0.1) is 24.1 Å². The van der Waals surface area contributed by atoms with Crippen molar-refractivity contribution in [1.29, 1.82) is 0 Å². The lowest BCUT2D eigenvalue weighted by atomic mass is 10.1. The lowest BCUT2D eigenvalue weighted by molar-refractivity contribution is 0.0722. The van der Waals surface area contributed by atoms with Crippen LogP contribution < -0.4 is 4.90 Å². The fourth-order valence-corrected chi connectivity index (χ4v) is 3.16. The van der Waals surface area contributed by atoms with E-state index in [1.807, 2.05) is 23.9 Å². The Bertz CT molecular complexity index is 753. The molecule has 0 bridgehead atoms. The lowest BCUT2D eigenvalue weighted by Gasteiger charge is -2.24. The minimum atomic E-state index is -0.0785. The van der Waals surface area contributed by atoms with E-state index in [1.165, 1.54) is 0 Å². The van der Waals surface area contributed by atoms with Gasteiger partial charge in [-0.3, -0.25) is 9.78 Å². The molecular weight excluding hydrogens is 306 g/mol. The van der Waals surface area contributed by atoms with E-state index in [4.69, 9.17) is 4.52 Å². The molecule has 0 N–H and O–H groups in total. The summed E-state index contributed by atoms with van der Waals surface area (Å²) in [6, 6.07) is 1.75. The molecule has 7 nitrogen and oxygen atoms in total. The Morgan fingerprint density at radius 3 is 2.88 bits per heavy atom. The number of aromatic nitrogens is 3. The number of nitrogens with zero attached hydrogens (tertiary/aromatic N) is 5. The van der Waals surface area contributed by atoms with Gasteiger partial charge in [-0.1, -0.05) is 5.16 Å². The first kappa shape index (κ1) is 15.1. The van der Waals surface area contributed by atoms with E-state index in [2.05, 4.69) is 15.1 Å². The molecule has 3 heterocycles. The maximum Gasteiger partial charge on any atom is 0.276 e. The average molecular weight is 327 g/mol. The van der Waals surface area contributed by atoms with Crippen LogP contribution in [0.1, 0.15) is 59.6 Å². The molecule has 0 unspecified atom stereocenters. The van der Waals surface area contributed by atoms with Crippen LogP contribution in [0.25, 0.3) is 0 Å². The van der Waals surface area contributed by atoms with Crippen molar-refractivity contribution in [2.24, 2.45) is 0 Å². The summed E-state index contributed by atoms with van der Waals surface area (Å²) in [4.78, 5) is 25.5. The zero-order valence-corrected chi connectivity index (χ0v) is 14.0. The molecule has 1 aliphatic carbocycles. The molecule has 2 aromatic heterocycles. The van der Waals surface area contributed by atoms with Gasteiger partial charge in [-0.05, 0) is 25.7 Å². The molecule has 4 rings (SSSR count). The molecule has 1 atom stereocenters. The third kappa shape index (κ3) is 2.74. The largest absolute Gasteiger partial charge is 0.361 e. The Labute approximate surface area is 140 Å². The molecule has 2 fully saturated rings. The van der Waals surface area contributed by atoms with Crippen LogP contribution in [-0.2, 0) is 0 Å². The second-order valence-electron chi connectivity index (χ2n) is 6.74. The minimum absolute atomic E-state index is 0.0500. The molecular formula is C17H21N5O2. The predicted molar refractivity (Wildman–Crippen MR) is 87.8 cm³/mol. The van der Waals surface area contributed by atoms with Gasteiger partial charge in [0.25, 0.3) is 5.91 Å². The highest BCUT2D eigenvalue weighted by Gasteiger charge is 2.35. The van der Waals surface area contributed by atoms with Crippen molar-refractivity contribution in [3.8, 4) is 0 Å². The average Bonchev–Trinajstić information content (AvgIpc) is 3.13. The number of rotatable bonds is 4. The van der Waals surface area contributed by atoms with E-state index >= 15 is 0 Å². The summed E-state index contributed by atoms with van der Waals surface area (Å²) in [5.74, 6) is 2.01. The van der Waals surface area contributed by atoms with E-state index in [-0.39, 0.29) is 11.9 Å². The third-order valence-corrected chi connectivity index (χ3v) is 4.68. The summed E-state index contributed by atoms with van der Waals surface area (Å²) >= 11 is 0. The van der Waals surface area contributed by atoms with E-state index in [0.717, 1.165) is 43.0 Å². The van der Waals surface area contributed by atoms with Crippen molar-refractivity contribution in [1.82, 2.24) is 20.0 Å². The van der Waals surface area contributed by atoms with E-state index in [1.54, 1.807) is 18.5 Å². The molecule has 0 aromatic carbocycles. The number of amides is 1. The first-order valence-electron chi connectivity index (χ1n) is 8.40. The second-order valence-corrected chi connectivity index (χ2v) is 6.74. The molecule has 126 valence electrons. The van der Waals surface area contributed by atoms with Gasteiger partial charge in [-0.2, -0.15) is 0 Å². The fraction of sp³-hybridized carbons (Fsp3) is 0.529. The zero-order valence-electron chi connectivity index (χ0n) is 14.0. The Morgan fingerprint density at radius 1 is 1.29 bits per heavy atom. The van der Waals surface area contributed by atoms with Crippen LogP contribution >= 0.6 is 0 Å². The number of anilines is 1. The van der Waals surface area contributed by atoms with Crippen LogP contribution in [0.2, 0.25) is 0 Å². The maximum atomic E-state index is 12.9. The number of carbonyl (C=O) groups is 1. The Hall–Kier alpha value is -2.44. The number of hydrogen-bond donors (Lipinski definition) is 0. The SMILES string of the molecule is CN(C)c1cncc([C@@H]2CCCN2C(=O)c2cc(C3CC3)on2)n1. The van der Waals surface area contributed by atoms with Crippen molar-refractivity contribution >= 4 is 11.7 Å². The summed E-state index contributed by atoms with van der Waals surface area (Å²) in [5, 5.41) is 3.99. The molecule has 1 saturated heterocycles. The number of likely N-dealkylation sites (tertiary alicyclic amines) is 1. The molecule has 2 aromatic rings. The summed E-state index contributed by atoms with van der Waals surface area (Å²) in [6.45, 7) is 0.711. The maximum absolute atomic E-state index is 12.9. The molecule has 1 aliphatic heterocycles. The molecule has 1 saturated carbocycles. The monoisotopic (exact) mass is 327 g/mol. The van der Waals surface area contributed by atoms with Crippen molar-refractivity contribution in [2.45, 2.75) is 37.6 Å². The quantitative estimate of drug-likeness (QED) is 0.858. The Kier molecular flexibility index (Phi) is 3.70. The van der Waals surface area contributed by atoms with Crippen LogP contribution in [-0.4, -0.2) is 46.6 Å². The van der Waals surface area contributed by atoms with E-state index in [9.17, 15) is 4.79 Å². The minimum Gasteiger partial charge on any atom is -0.361 e. The summed E-state index contributed by atoms with van der Waals surface area (Å²) < 4.78 is 5.33. The number of hydrogen-bond acceptors (Lipinski definition) is 6. The van der Waals surface area contributed by atoms with Gasteiger partial charge in [0.1, 0.15) is 11.6 Å². The first-order chi connectivity index (χ1) is 11.6.